The summed E-state index contributed by atoms with van der Waals surface area (Å²) in [6.45, 7) is 5.52. The van der Waals surface area contributed by atoms with E-state index in [1.54, 1.807) is 0 Å². The Hall–Kier alpha value is -0.230. The van der Waals surface area contributed by atoms with Crippen molar-refractivity contribution >= 4 is 30.8 Å². The first-order valence-corrected chi connectivity index (χ1v) is 5.07. The van der Waals surface area contributed by atoms with Gasteiger partial charge < -0.3 is 19.3 Å². The van der Waals surface area contributed by atoms with Crippen LogP contribution in [0.25, 0.3) is 0 Å². The van der Waals surface area contributed by atoms with Gasteiger partial charge in [0.25, 0.3) is 0 Å². The highest BCUT2D eigenvalue weighted by Crippen LogP contribution is 2.05. The van der Waals surface area contributed by atoms with Gasteiger partial charge >= 0.3 is 6.03 Å². The monoisotopic (exact) mass is 272 g/mol. The molecule has 2 rings (SSSR count). The molecule has 2 aliphatic rings. The molecule has 2 heterocycles. The fourth-order valence-corrected chi connectivity index (χ4v) is 1.71. The molecule has 0 bridgehead atoms. The number of nitrogens with zero attached hydrogens (tertiary/aromatic N) is 2. The molecule has 2 aliphatic heterocycles. The van der Waals surface area contributed by atoms with Crippen molar-refractivity contribution in [3.63, 3.8) is 0 Å². The molecule has 0 aliphatic carbocycles. The standard InChI is InChI=1S/C9H16N2O3.2ClH/c12-9(10-1-5-13-6-2-10)11-3-7-14-8-4-11;;/h1-8H2;2*1H. The van der Waals surface area contributed by atoms with E-state index in [-0.39, 0.29) is 30.8 Å². The van der Waals surface area contributed by atoms with Crippen LogP contribution in [-0.2, 0) is 9.47 Å². The number of ether oxygens (including phenoxy) is 2. The SMILES string of the molecule is Cl.Cl.O=C(N1CCOCC1)N1CCOCC1. The Morgan fingerprint density at radius 1 is 0.750 bits per heavy atom. The average molecular weight is 273 g/mol. The second kappa shape index (κ2) is 7.95. The Labute approximate surface area is 108 Å². The van der Waals surface area contributed by atoms with E-state index in [2.05, 4.69) is 0 Å². The first-order valence-electron chi connectivity index (χ1n) is 5.07. The van der Waals surface area contributed by atoms with E-state index < -0.39 is 0 Å². The van der Waals surface area contributed by atoms with Crippen LogP contribution in [0.2, 0.25) is 0 Å². The minimum Gasteiger partial charge on any atom is -0.378 e. The van der Waals surface area contributed by atoms with Gasteiger partial charge in [-0.3, -0.25) is 0 Å². The molecule has 0 aromatic heterocycles. The lowest BCUT2D eigenvalue weighted by atomic mass is 10.4. The Morgan fingerprint density at radius 2 is 1.06 bits per heavy atom. The predicted octanol–water partition coefficient (Wildman–Crippen LogP) is 0.614. The first kappa shape index (κ1) is 15.8. The number of amides is 2. The summed E-state index contributed by atoms with van der Waals surface area (Å²) in [4.78, 5) is 15.6. The molecule has 2 amide bonds. The predicted molar refractivity (Wildman–Crippen MR) is 64.7 cm³/mol. The number of rotatable bonds is 0. The molecule has 0 spiro atoms. The van der Waals surface area contributed by atoms with Gasteiger partial charge in [-0.25, -0.2) is 4.79 Å². The summed E-state index contributed by atoms with van der Waals surface area (Å²) in [5, 5.41) is 0. The first-order chi connectivity index (χ1) is 6.88. The Morgan fingerprint density at radius 3 is 1.38 bits per heavy atom. The van der Waals surface area contributed by atoms with Crippen molar-refractivity contribution in [1.29, 1.82) is 0 Å². The summed E-state index contributed by atoms with van der Waals surface area (Å²) in [5.41, 5.74) is 0. The molecule has 96 valence electrons. The van der Waals surface area contributed by atoms with E-state index in [0.717, 1.165) is 26.2 Å². The van der Waals surface area contributed by atoms with Gasteiger partial charge in [0.05, 0.1) is 26.4 Å². The summed E-state index contributed by atoms with van der Waals surface area (Å²) >= 11 is 0. The zero-order chi connectivity index (χ0) is 9.80. The molecule has 16 heavy (non-hydrogen) atoms. The lowest BCUT2D eigenvalue weighted by molar-refractivity contribution is 0.0189. The molecule has 0 unspecified atom stereocenters. The maximum absolute atomic E-state index is 11.9. The summed E-state index contributed by atoms with van der Waals surface area (Å²) in [5.74, 6) is 0. The molecule has 0 saturated carbocycles. The third-order valence-electron chi connectivity index (χ3n) is 2.56. The fraction of sp³-hybridized carbons (Fsp3) is 0.889. The fourth-order valence-electron chi connectivity index (χ4n) is 1.71. The third kappa shape index (κ3) is 3.97. The van der Waals surface area contributed by atoms with Crippen molar-refractivity contribution in [2.45, 2.75) is 0 Å². The summed E-state index contributed by atoms with van der Waals surface area (Å²) in [6, 6.07) is 0.136. The third-order valence-corrected chi connectivity index (χ3v) is 2.56. The van der Waals surface area contributed by atoms with Crippen LogP contribution in [0.1, 0.15) is 0 Å². The summed E-state index contributed by atoms with van der Waals surface area (Å²) in [7, 11) is 0. The zero-order valence-corrected chi connectivity index (χ0v) is 10.7. The van der Waals surface area contributed by atoms with Gasteiger partial charge in [-0.2, -0.15) is 0 Å². The molecular formula is C9H18Cl2N2O3. The molecular weight excluding hydrogens is 255 g/mol. The number of morpholine rings is 2. The lowest BCUT2D eigenvalue weighted by Crippen LogP contribution is -2.51. The molecule has 2 fully saturated rings. The molecule has 0 atom stereocenters. The number of urea groups is 1. The maximum atomic E-state index is 11.9. The number of halogens is 2. The van der Waals surface area contributed by atoms with Crippen LogP contribution in [0, 0.1) is 0 Å². The van der Waals surface area contributed by atoms with Crippen LogP contribution in [0.4, 0.5) is 4.79 Å². The maximum Gasteiger partial charge on any atom is 0.320 e. The average Bonchev–Trinajstić information content (AvgIpc) is 2.30. The topological polar surface area (TPSA) is 42.0 Å². The zero-order valence-electron chi connectivity index (χ0n) is 9.09. The van der Waals surface area contributed by atoms with Gasteiger partial charge in [0.2, 0.25) is 0 Å². The van der Waals surface area contributed by atoms with Crippen LogP contribution in [-0.4, -0.2) is 68.4 Å². The van der Waals surface area contributed by atoms with Gasteiger partial charge in [-0.15, -0.1) is 24.8 Å². The van der Waals surface area contributed by atoms with E-state index in [1.807, 2.05) is 9.80 Å². The van der Waals surface area contributed by atoms with Crippen molar-refractivity contribution in [2.24, 2.45) is 0 Å². The minimum atomic E-state index is 0. The van der Waals surface area contributed by atoms with Gasteiger partial charge in [-0.1, -0.05) is 0 Å². The van der Waals surface area contributed by atoms with Crippen LogP contribution in [0.5, 0.6) is 0 Å². The van der Waals surface area contributed by atoms with Crippen molar-refractivity contribution in [3.8, 4) is 0 Å². The molecule has 7 heteroatoms. The lowest BCUT2D eigenvalue weighted by Gasteiger charge is -2.34. The van der Waals surface area contributed by atoms with Crippen LogP contribution >= 0.6 is 24.8 Å². The molecule has 0 aromatic rings. The Balaban J connectivity index is 0.00000112. The van der Waals surface area contributed by atoms with E-state index in [1.165, 1.54) is 0 Å². The highest BCUT2D eigenvalue weighted by molar-refractivity contribution is 5.85. The number of carbonyl (C=O) groups excluding carboxylic acids is 1. The second-order valence-corrected chi connectivity index (χ2v) is 3.48. The van der Waals surface area contributed by atoms with Crippen LogP contribution in [0.3, 0.4) is 0 Å². The normalized spacial score (nSPS) is 20.8. The largest absolute Gasteiger partial charge is 0.378 e. The Bertz CT molecular complexity index is 187. The van der Waals surface area contributed by atoms with E-state index in [0.29, 0.717) is 26.4 Å². The smallest absolute Gasteiger partial charge is 0.320 e. The van der Waals surface area contributed by atoms with Gasteiger partial charge in [0, 0.05) is 26.2 Å². The molecule has 5 nitrogen and oxygen atoms in total. The van der Waals surface area contributed by atoms with E-state index in [4.69, 9.17) is 9.47 Å². The number of hydrogen-bond donors (Lipinski definition) is 0. The van der Waals surface area contributed by atoms with Gasteiger partial charge in [0.15, 0.2) is 0 Å². The minimum absolute atomic E-state index is 0. The van der Waals surface area contributed by atoms with E-state index in [9.17, 15) is 4.79 Å². The molecule has 0 aromatic carbocycles. The Kier molecular flexibility index (Phi) is 7.83. The summed E-state index contributed by atoms with van der Waals surface area (Å²) < 4.78 is 10.4. The molecule has 0 radical (unpaired) electrons. The van der Waals surface area contributed by atoms with Gasteiger partial charge in [-0.05, 0) is 0 Å². The van der Waals surface area contributed by atoms with Crippen molar-refractivity contribution in [3.05, 3.63) is 0 Å². The highest BCUT2D eigenvalue weighted by atomic mass is 35.5. The molecule has 2 saturated heterocycles. The summed E-state index contributed by atoms with van der Waals surface area (Å²) in [6.07, 6.45) is 0. The van der Waals surface area contributed by atoms with Crippen molar-refractivity contribution < 1.29 is 14.3 Å². The van der Waals surface area contributed by atoms with Crippen LogP contribution < -0.4 is 0 Å². The van der Waals surface area contributed by atoms with Crippen LogP contribution in [0.15, 0.2) is 0 Å². The van der Waals surface area contributed by atoms with Crippen molar-refractivity contribution in [2.75, 3.05) is 52.6 Å². The molecule has 0 N–H and O–H groups in total. The van der Waals surface area contributed by atoms with Gasteiger partial charge in [0.1, 0.15) is 0 Å². The van der Waals surface area contributed by atoms with E-state index >= 15 is 0 Å². The number of carbonyl (C=O) groups is 1. The second-order valence-electron chi connectivity index (χ2n) is 3.48. The number of hydrogen-bond acceptors (Lipinski definition) is 3. The van der Waals surface area contributed by atoms with Crippen molar-refractivity contribution in [1.82, 2.24) is 9.80 Å². The quantitative estimate of drug-likeness (QED) is 0.649. The highest BCUT2D eigenvalue weighted by Gasteiger charge is 2.23.